The summed E-state index contributed by atoms with van der Waals surface area (Å²) in [5, 5.41) is 0. The van der Waals surface area contributed by atoms with Crippen molar-refractivity contribution < 1.29 is 8.42 Å². The fraction of sp³-hybridized carbons (Fsp3) is 0.692. The van der Waals surface area contributed by atoms with Gasteiger partial charge in [-0.05, 0) is 53.2 Å². The largest absolute Gasteiger partial charge is 0.250 e. The number of hydrogen-bond donors (Lipinski definition) is 1. The molecule has 1 aliphatic rings. The molecule has 1 aromatic heterocycles. The third-order valence-electron chi connectivity index (χ3n) is 3.77. The Kier molecular flexibility index (Phi) is 5.09. The van der Waals surface area contributed by atoms with Crippen LogP contribution in [-0.2, 0) is 10.0 Å². The molecule has 0 radical (unpaired) electrons. The Morgan fingerprint density at radius 1 is 1.32 bits per heavy atom. The Bertz CT molecular complexity index is 519. The van der Waals surface area contributed by atoms with Gasteiger partial charge in [-0.3, -0.25) is 0 Å². The predicted octanol–water partition coefficient (Wildman–Crippen LogP) is 4.07. The Labute approximate surface area is 128 Å². The molecule has 1 saturated carbocycles. The quantitative estimate of drug-likeness (QED) is 0.820. The van der Waals surface area contributed by atoms with Crippen LogP contribution in [0.2, 0.25) is 0 Å². The van der Waals surface area contributed by atoms with Crippen molar-refractivity contribution in [3.05, 3.63) is 15.4 Å². The first-order valence-electron chi connectivity index (χ1n) is 6.68. The summed E-state index contributed by atoms with van der Waals surface area (Å²) in [6.07, 6.45) is 5.60. The van der Waals surface area contributed by atoms with E-state index in [2.05, 4.69) is 27.6 Å². The second kappa shape index (κ2) is 6.24. The Morgan fingerprint density at radius 3 is 2.63 bits per heavy atom. The van der Waals surface area contributed by atoms with Crippen LogP contribution in [0.15, 0.2) is 14.1 Å². The highest BCUT2D eigenvalue weighted by molar-refractivity contribution is 9.11. The summed E-state index contributed by atoms with van der Waals surface area (Å²) in [4.78, 5) is 0. The summed E-state index contributed by atoms with van der Waals surface area (Å²) in [5.74, 6) is 0.418. The number of nitrogens with one attached hydrogen (secondary N) is 1. The van der Waals surface area contributed by atoms with E-state index in [4.69, 9.17) is 0 Å². The van der Waals surface area contributed by atoms with Gasteiger partial charge in [-0.2, -0.15) is 0 Å². The average Bonchev–Trinajstić information content (AvgIpc) is 2.55. The number of halogens is 1. The van der Waals surface area contributed by atoms with Crippen molar-refractivity contribution in [3.63, 3.8) is 0 Å². The van der Waals surface area contributed by atoms with Crippen LogP contribution in [0.1, 0.15) is 44.6 Å². The van der Waals surface area contributed by atoms with Gasteiger partial charge in [-0.15, -0.1) is 11.3 Å². The Hall–Kier alpha value is 0.0900. The van der Waals surface area contributed by atoms with Crippen molar-refractivity contribution in [2.24, 2.45) is 5.92 Å². The molecule has 6 heteroatoms. The van der Waals surface area contributed by atoms with Gasteiger partial charge >= 0.3 is 0 Å². The Morgan fingerprint density at radius 2 is 2.00 bits per heavy atom. The van der Waals surface area contributed by atoms with Crippen molar-refractivity contribution in [2.75, 3.05) is 0 Å². The van der Waals surface area contributed by atoms with Crippen LogP contribution in [0.4, 0.5) is 0 Å². The fourth-order valence-corrected chi connectivity index (χ4v) is 6.11. The van der Waals surface area contributed by atoms with E-state index >= 15 is 0 Å². The van der Waals surface area contributed by atoms with Crippen molar-refractivity contribution >= 4 is 37.3 Å². The molecule has 108 valence electrons. The van der Waals surface area contributed by atoms with E-state index in [9.17, 15) is 8.42 Å². The maximum Gasteiger partial charge on any atom is 0.250 e. The standard InChI is InChI=1S/C13H20BrNO2S2/c1-9-6-4-3-5-7-11(9)15-19(16,17)12-8-10(2)13(14)18-12/h8-9,11,15H,3-7H2,1-2H3. The first-order valence-corrected chi connectivity index (χ1v) is 9.77. The normalized spacial score (nSPS) is 25.2. The van der Waals surface area contributed by atoms with Gasteiger partial charge in [-0.1, -0.05) is 26.2 Å². The molecule has 1 N–H and O–H groups in total. The summed E-state index contributed by atoms with van der Waals surface area (Å²) < 4.78 is 29.0. The zero-order chi connectivity index (χ0) is 14.0. The topological polar surface area (TPSA) is 46.2 Å². The van der Waals surface area contributed by atoms with Crippen LogP contribution < -0.4 is 4.72 Å². The van der Waals surface area contributed by atoms with Crippen molar-refractivity contribution in [3.8, 4) is 0 Å². The lowest BCUT2D eigenvalue weighted by molar-refractivity contribution is 0.400. The monoisotopic (exact) mass is 365 g/mol. The van der Waals surface area contributed by atoms with E-state index in [1.54, 1.807) is 6.07 Å². The highest BCUT2D eigenvalue weighted by atomic mass is 79.9. The van der Waals surface area contributed by atoms with Gasteiger partial charge in [0.05, 0.1) is 3.79 Å². The minimum absolute atomic E-state index is 0.0775. The molecular weight excluding hydrogens is 346 g/mol. The van der Waals surface area contributed by atoms with Crippen LogP contribution in [-0.4, -0.2) is 14.5 Å². The lowest BCUT2D eigenvalue weighted by atomic mass is 9.98. The number of sulfonamides is 1. The van der Waals surface area contributed by atoms with Gasteiger partial charge in [0.2, 0.25) is 10.0 Å². The second-order valence-corrected chi connectivity index (χ2v) is 9.68. The van der Waals surface area contributed by atoms with E-state index < -0.39 is 10.0 Å². The van der Waals surface area contributed by atoms with Crippen molar-refractivity contribution in [1.82, 2.24) is 4.72 Å². The molecule has 0 saturated heterocycles. The second-order valence-electron chi connectivity index (χ2n) is 5.37. The first-order chi connectivity index (χ1) is 8.90. The molecule has 1 heterocycles. The van der Waals surface area contributed by atoms with Crippen molar-refractivity contribution in [1.29, 1.82) is 0 Å². The fourth-order valence-electron chi connectivity index (χ4n) is 2.49. The average molecular weight is 366 g/mol. The zero-order valence-corrected chi connectivity index (χ0v) is 14.5. The van der Waals surface area contributed by atoms with E-state index in [1.807, 2.05) is 6.92 Å². The van der Waals surface area contributed by atoms with E-state index in [0.717, 1.165) is 28.6 Å². The molecule has 2 atom stereocenters. The highest BCUT2D eigenvalue weighted by Gasteiger charge is 2.27. The molecule has 0 bridgehead atoms. The summed E-state index contributed by atoms with van der Waals surface area (Å²) in [6.45, 7) is 4.06. The van der Waals surface area contributed by atoms with Crippen LogP contribution >= 0.6 is 27.3 Å². The van der Waals surface area contributed by atoms with Crippen molar-refractivity contribution in [2.45, 2.75) is 56.2 Å². The van der Waals surface area contributed by atoms with Crippen LogP contribution in [0.3, 0.4) is 0 Å². The highest BCUT2D eigenvalue weighted by Crippen LogP contribution is 2.31. The molecular formula is C13H20BrNO2S2. The lowest BCUT2D eigenvalue weighted by Gasteiger charge is -2.22. The third kappa shape index (κ3) is 3.80. The maximum atomic E-state index is 12.4. The van der Waals surface area contributed by atoms with Crippen LogP contribution in [0, 0.1) is 12.8 Å². The minimum Gasteiger partial charge on any atom is -0.207 e. The molecule has 1 aromatic rings. The Balaban J connectivity index is 2.16. The molecule has 19 heavy (non-hydrogen) atoms. The zero-order valence-electron chi connectivity index (χ0n) is 11.3. The maximum absolute atomic E-state index is 12.4. The van der Waals surface area contributed by atoms with Gasteiger partial charge < -0.3 is 0 Å². The van der Waals surface area contributed by atoms with Gasteiger partial charge in [0.15, 0.2) is 0 Å². The molecule has 2 rings (SSSR count). The molecule has 0 amide bonds. The molecule has 1 aliphatic carbocycles. The predicted molar refractivity (Wildman–Crippen MR) is 83.1 cm³/mol. The molecule has 1 fully saturated rings. The van der Waals surface area contributed by atoms with E-state index in [-0.39, 0.29) is 6.04 Å². The summed E-state index contributed by atoms with van der Waals surface area (Å²) in [7, 11) is -3.37. The van der Waals surface area contributed by atoms with Gasteiger partial charge in [0, 0.05) is 6.04 Å². The molecule has 0 aliphatic heterocycles. The summed E-state index contributed by atoms with van der Waals surface area (Å²) in [6, 6.07) is 1.81. The van der Waals surface area contributed by atoms with Crippen LogP contribution in [0.5, 0.6) is 0 Å². The number of thiophene rings is 1. The van der Waals surface area contributed by atoms with E-state index in [1.165, 1.54) is 24.2 Å². The van der Waals surface area contributed by atoms with Crippen LogP contribution in [0.25, 0.3) is 0 Å². The third-order valence-corrected chi connectivity index (χ3v) is 7.87. The van der Waals surface area contributed by atoms with Gasteiger partial charge in [0.1, 0.15) is 4.21 Å². The van der Waals surface area contributed by atoms with E-state index in [0.29, 0.717) is 10.1 Å². The number of aryl methyl sites for hydroxylation is 1. The molecule has 3 nitrogen and oxygen atoms in total. The molecule has 2 unspecified atom stereocenters. The lowest BCUT2D eigenvalue weighted by Crippen LogP contribution is -2.38. The first kappa shape index (κ1) is 15.5. The molecule has 0 aromatic carbocycles. The number of hydrogen-bond acceptors (Lipinski definition) is 3. The van der Waals surface area contributed by atoms with Gasteiger partial charge in [0.25, 0.3) is 0 Å². The SMILES string of the molecule is Cc1cc(S(=O)(=O)NC2CCCCCC2C)sc1Br. The summed E-state index contributed by atoms with van der Waals surface area (Å²) >= 11 is 4.67. The minimum atomic E-state index is -3.37. The smallest absolute Gasteiger partial charge is 0.207 e. The van der Waals surface area contributed by atoms with Gasteiger partial charge in [-0.25, -0.2) is 13.1 Å². The summed E-state index contributed by atoms with van der Waals surface area (Å²) in [5.41, 5.74) is 0.972. The number of rotatable bonds is 3. The molecule has 0 spiro atoms.